The Morgan fingerprint density at radius 1 is 1.03 bits per heavy atom. The van der Waals surface area contributed by atoms with Gasteiger partial charge in [0.25, 0.3) is 0 Å². The van der Waals surface area contributed by atoms with Gasteiger partial charge in [0.15, 0.2) is 0 Å². The Morgan fingerprint density at radius 2 is 1.76 bits per heavy atom. The Hall–Kier alpha value is -3.93. The average Bonchev–Trinajstić information content (AvgIpc) is 3.09. The summed E-state index contributed by atoms with van der Waals surface area (Å²) in [6.45, 7) is 0.175. The van der Waals surface area contributed by atoms with Crippen molar-refractivity contribution in [3.8, 4) is 11.6 Å². The molecule has 2 aromatic heterocycles. The highest BCUT2D eigenvalue weighted by molar-refractivity contribution is 5.89. The highest BCUT2D eigenvalue weighted by Crippen LogP contribution is 2.28. The topological polar surface area (TPSA) is 66.2 Å². The minimum absolute atomic E-state index is 0.175. The molecule has 6 heteroatoms. The molecule has 144 valence electrons. The summed E-state index contributed by atoms with van der Waals surface area (Å²) in [4.78, 5) is 20.6. The number of para-hydroxylation sites is 1. The maximum absolute atomic E-state index is 12.0. The van der Waals surface area contributed by atoms with Crippen LogP contribution in [0.2, 0.25) is 0 Å². The van der Waals surface area contributed by atoms with E-state index in [1.54, 1.807) is 30.3 Å². The van der Waals surface area contributed by atoms with E-state index in [4.69, 9.17) is 9.47 Å². The summed E-state index contributed by atoms with van der Waals surface area (Å²) in [5.74, 6) is 0.842. The molecule has 0 saturated carbocycles. The van der Waals surface area contributed by atoms with Gasteiger partial charge in [0, 0.05) is 12.7 Å². The number of esters is 1. The first-order valence-corrected chi connectivity index (χ1v) is 9.14. The number of rotatable bonds is 6. The normalized spacial score (nSPS) is 11.1. The monoisotopic (exact) mass is 385 g/mol. The summed E-state index contributed by atoms with van der Waals surface area (Å²) in [6.07, 6.45) is 5.15. The van der Waals surface area contributed by atoms with E-state index in [0.717, 1.165) is 16.7 Å². The van der Waals surface area contributed by atoms with E-state index < -0.39 is 0 Å². The van der Waals surface area contributed by atoms with Gasteiger partial charge in [0.1, 0.15) is 24.2 Å². The fraction of sp³-hybridized carbons (Fsp3) is 0.0870. The van der Waals surface area contributed by atoms with E-state index in [0.29, 0.717) is 17.2 Å². The molecule has 0 fully saturated rings. The molecule has 0 aliphatic heterocycles. The lowest BCUT2D eigenvalue weighted by Crippen LogP contribution is -2.04. The van der Waals surface area contributed by atoms with E-state index in [1.165, 1.54) is 6.33 Å². The molecule has 0 radical (unpaired) electrons. The van der Waals surface area contributed by atoms with Crippen LogP contribution in [0.1, 0.15) is 16.1 Å². The standard InChI is InChI=1S/C23H19N3O3/c1-26-18(11-8-14-28-23(27)17-9-4-2-5-10-17)15-20-21(26)22(25-16-24-20)29-19-12-6-3-7-13-19/h2-13,15-16H,14H2,1H3. The summed E-state index contributed by atoms with van der Waals surface area (Å²) in [7, 11) is 1.92. The molecular weight excluding hydrogens is 366 g/mol. The molecule has 6 nitrogen and oxygen atoms in total. The minimum atomic E-state index is -0.350. The van der Waals surface area contributed by atoms with Crippen LogP contribution in [-0.2, 0) is 11.8 Å². The molecule has 0 spiro atoms. The SMILES string of the molecule is Cn1c(C=CCOC(=O)c2ccccc2)cc2ncnc(Oc3ccccc3)c21. The zero-order valence-corrected chi connectivity index (χ0v) is 15.9. The van der Waals surface area contributed by atoms with E-state index in [-0.39, 0.29) is 12.6 Å². The summed E-state index contributed by atoms with van der Waals surface area (Å²) in [6, 6.07) is 20.3. The quantitative estimate of drug-likeness (QED) is 0.453. The molecule has 0 aliphatic rings. The van der Waals surface area contributed by atoms with Crippen LogP contribution in [0.15, 0.2) is 79.1 Å². The van der Waals surface area contributed by atoms with E-state index in [9.17, 15) is 4.79 Å². The maximum Gasteiger partial charge on any atom is 0.338 e. The Labute approximate surface area is 168 Å². The van der Waals surface area contributed by atoms with Crippen molar-refractivity contribution in [2.24, 2.45) is 7.05 Å². The molecule has 0 atom stereocenters. The van der Waals surface area contributed by atoms with Gasteiger partial charge in [-0.3, -0.25) is 0 Å². The number of hydrogen-bond acceptors (Lipinski definition) is 5. The van der Waals surface area contributed by atoms with E-state index >= 15 is 0 Å². The van der Waals surface area contributed by atoms with E-state index in [2.05, 4.69) is 9.97 Å². The van der Waals surface area contributed by atoms with Crippen LogP contribution in [-0.4, -0.2) is 27.1 Å². The Kier molecular flexibility index (Phi) is 5.33. The van der Waals surface area contributed by atoms with Gasteiger partial charge in [-0.2, -0.15) is 4.98 Å². The van der Waals surface area contributed by atoms with Crippen molar-refractivity contribution in [2.45, 2.75) is 0 Å². The Balaban J connectivity index is 1.50. The maximum atomic E-state index is 12.0. The third-order valence-corrected chi connectivity index (χ3v) is 4.39. The first-order chi connectivity index (χ1) is 14.2. The van der Waals surface area contributed by atoms with Crippen LogP contribution in [0, 0.1) is 0 Å². The zero-order chi connectivity index (χ0) is 20.1. The minimum Gasteiger partial charge on any atom is -0.458 e. The van der Waals surface area contributed by atoms with Crippen molar-refractivity contribution in [1.82, 2.24) is 14.5 Å². The predicted octanol–water partition coefficient (Wildman–Crippen LogP) is 4.63. The molecule has 2 aromatic carbocycles. The first-order valence-electron chi connectivity index (χ1n) is 9.14. The smallest absolute Gasteiger partial charge is 0.338 e. The fourth-order valence-electron chi connectivity index (χ4n) is 2.95. The molecule has 0 N–H and O–H groups in total. The van der Waals surface area contributed by atoms with Gasteiger partial charge in [-0.1, -0.05) is 36.4 Å². The number of carbonyl (C=O) groups excluding carboxylic acids is 1. The average molecular weight is 385 g/mol. The second kappa shape index (κ2) is 8.39. The summed E-state index contributed by atoms with van der Waals surface area (Å²) in [5.41, 5.74) is 2.99. The first kappa shape index (κ1) is 18.4. The summed E-state index contributed by atoms with van der Waals surface area (Å²) < 4.78 is 13.2. The number of hydrogen-bond donors (Lipinski definition) is 0. The molecule has 4 rings (SSSR count). The largest absolute Gasteiger partial charge is 0.458 e. The molecule has 0 amide bonds. The van der Waals surface area contributed by atoms with Crippen LogP contribution < -0.4 is 4.74 Å². The molecule has 0 saturated heterocycles. The van der Waals surface area contributed by atoms with Gasteiger partial charge in [-0.15, -0.1) is 0 Å². The van der Waals surface area contributed by atoms with Crippen molar-refractivity contribution in [3.05, 3.63) is 90.4 Å². The molecule has 4 aromatic rings. The van der Waals surface area contributed by atoms with Crippen molar-refractivity contribution in [1.29, 1.82) is 0 Å². The molecular formula is C23H19N3O3. The van der Waals surface area contributed by atoms with Crippen LogP contribution in [0.5, 0.6) is 11.6 Å². The van der Waals surface area contributed by atoms with Gasteiger partial charge >= 0.3 is 5.97 Å². The third-order valence-electron chi connectivity index (χ3n) is 4.39. The highest BCUT2D eigenvalue weighted by Gasteiger charge is 2.13. The second-order valence-electron chi connectivity index (χ2n) is 6.32. The number of nitrogens with zero attached hydrogens (tertiary/aromatic N) is 3. The number of benzene rings is 2. The lowest BCUT2D eigenvalue weighted by atomic mass is 10.2. The number of aromatic nitrogens is 3. The van der Waals surface area contributed by atoms with Gasteiger partial charge in [-0.25, -0.2) is 9.78 Å². The molecule has 2 heterocycles. The summed E-state index contributed by atoms with van der Waals surface area (Å²) in [5, 5.41) is 0. The molecule has 0 unspecified atom stereocenters. The lowest BCUT2D eigenvalue weighted by molar-refractivity contribution is 0.0550. The molecule has 29 heavy (non-hydrogen) atoms. The number of fused-ring (bicyclic) bond motifs is 1. The third kappa shape index (κ3) is 4.16. The van der Waals surface area contributed by atoms with Crippen molar-refractivity contribution in [3.63, 3.8) is 0 Å². The lowest BCUT2D eigenvalue weighted by Gasteiger charge is -2.07. The molecule has 0 aliphatic carbocycles. The Morgan fingerprint density at radius 3 is 2.52 bits per heavy atom. The van der Waals surface area contributed by atoms with Gasteiger partial charge < -0.3 is 14.0 Å². The van der Waals surface area contributed by atoms with Gasteiger partial charge in [-0.05, 0) is 42.5 Å². The fourth-order valence-corrected chi connectivity index (χ4v) is 2.95. The Bertz CT molecular complexity index is 1150. The zero-order valence-electron chi connectivity index (χ0n) is 15.9. The van der Waals surface area contributed by atoms with Crippen molar-refractivity contribution in [2.75, 3.05) is 6.61 Å². The van der Waals surface area contributed by atoms with Crippen LogP contribution in [0.25, 0.3) is 17.1 Å². The van der Waals surface area contributed by atoms with Crippen LogP contribution >= 0.6 is 0 Å². The van der Waals surface area contributed by atoms with Gasteiger partial charge in [0.05, 0.1) is 11.1 Å². The molecule has 0 bridgehead atoms. The van der Waals surface area contributed by atoms with Crippen molar-refractivity contribution >= 4 is 23.1 Å². The number of ether oxygens (including phenoxy) is 2. The number of aryl methyl sites for hydroxylation is 1. The van der Waals surface area contributed by atoms with Crippen molar-refractivity contribution < 1.29 is 14.3 Å². The van der Waals surface area contributed by atoms with E-state index in [1.807, 2.05) is 60.2 Å². The highest BCUT2D eigenvalue weighted by atomic mass is 16.5. The van der Waals surface area contributed by atoms with Crippen LogP contribution in [0.4, 0.5) is 0 Å². The van der Waals surface area contributed by atoms with Gasteiger partial charge in [0.2, 0.25) is 5.88 Å². The number of carbonyl (C=O) groups is 1. The predicted molar refractivity (Wildman–Crippen MR) is 111 cm³/mol. The van der Waals surface area contributed by atoms with Crippen LogP contribution in [0.3, 0.4) is 0 Å². The summed E-state index contributed by atoms with van der Waals surface area (Å²) >= 11 is 0. The second-order valence-corrected chi connectivity index (χ2v) is 6.32.